The Balaban J connectivity index is 1.31. The van der Waals surface area contributed by atoms with Crippen molar-refractivity contribution in [1.82, 2.24) is 15.0 Å². The summed E-state index contributed by atoms with van der Waals surface area (Å²) < 4.78 is 8.59. The zero-order valence-electron chi connectivity index (χ0n) is 22.6. The molecule has 43 heavy (non-hydrogen) atoms. The Morgan fingerprint density at radius 2 is 1.28 bits per heavy atom. The van der Waals surface area contributed by atoms with Gasteiger partial charge in [-0.05, 0) is 53.2 Å². The molecule has 4 nitrogen and oxygen atoms in total. The lowest BCUT2D eigenvalue weighted by Crippen LogP contribution is -2.00. The molecule has 0 unspecified atom stereocenters. The van der Waals surface area contributed by atoms with E-state index in [1.54, 1.807) is 11.3 Å². The van der Waals surface area contributed by atoms with E-state index in [-0.39, 0.29) is 0 Å². The number of rotatable bonds is 3. The second-order valence-electron chi connectivity index (χ2n) is 10.6. The van der Waals surface area contributed by atoms with Crippen LogP contribution in [0.5, 0.6) is 0 Å². The summed E-state index contributed by atoms with van der Waals surface area (Å²) in [5, 5.41) is 7.31. The van der Waals surface area contributed by atoms with Gasteiger partial charge >= 0.3 is 0 Å². The number of hydrogen-bond donors (Lipinski definition) is 0. The molecule has 0 aliphatic heterocycles. The molecule has 0 saturated carbocycles. The quantitative estimate of drug-likeness (QED) is 0.206. The van der Waals surface area contributed by atoms with Crippen molar-refractivity contribution in [2.24, 2.45) is 0 Å². The number of furan rings is 1. The van der Waals surface area contributed by atoms with Gasteiger partial charge in [0.05, 0.1) is 0 Å². The number of fused-ring (bicyclic) bond motifs is 8. The van der Waals surface area contributed by atoms with Crippen LogP contribution >= 0.6 is 22.9 Å². The maximum absolute atomic E-state index is 6.41. The monoisotopic (exact) mass is 589 g/mol. The van der Waals surface area contributed by atoms with Crippen LogP contribution in [-0.4, -0.2) is 15.0 Å². The first kappa shape index (κ1) is 24.5. The van der Waals surface area contributed by atoms with Gasteiger partial charge in [-0.15, -0.1) is 11.3 Å². The smallest absolute Gasteiger partial charge is 0.165 e. The molecule has 0 radical (unpaired) electrons. The largest absolute Gasteiger partial charge is 0.456 e. The summed E-state index contributed by atoms with van der Waals surface area (Å²) in [5.74, 6) is 1.91. The molecule has 6 aromatic carbocycles. The molecule has 9 aromatic rings. The first-order valence-corrected chi connectivity index (χ1v) is 15.2. The van der Waals surface area contributed by atoms with Crippen molar-refractivity contribution < 1.29 is 4.42 Å². The minimum absolute atomic E-state index is 0.617. The third-order valence-corrected chi connectivity index (χ3v) is 9.44. The average Bonchev–Trinajstić information content (AvgIpc) is 3.63. The molecule has 202 valence electrons. The summed E-state index contributed by atoms with van der Waals surface area (Å²) in [6.07, 6.45) is 0. The maximum atomic E-state index is 6.41. The van der Waals surface area contributed by atoms with Crippen LogP contribution in [0.1, 0.15) is 0 Å². The van der Waals surface area contributed by atoms with E-state index in [2.05, 4.69) is 66.7 Å². The van der Waals surface area contributed by atoms with Gasteiger partial charge < -0.3 is 4.42 Å². The highest BCUT2D eigenvalue weighted by Gasteiger charge is 2.18. The van der Waals surface area contributed by atoms with Crippen LogP contribution in [0.25, 0.3) is 87.0 Å². The van der Waals surface area contributed by atoms with Crippen LogP contribution in [0, 0.1) is 0 Å². The van der Waals surface area contributed by atoms with Crippen LogP contribution in [0.4, 0.5) is 0 Å². The second kappa shape index (κ2) is 9.46. The summed E-state index contributed by atoms with van der Waals surface area (Å²) >= 11 is 8.18. The summed E-state index contributed by atoms with van der Waals surface area (Å²) in [4.78, 5) is 15.1. The van der Waals surface area contributed by atoms with Crippen molar-refractivity contribution in [3.63, 3.8) is 0 Å². The van der Waals surface area contributed by atoms with Crippen LogP contribution in [0.3, 0.4) is 0 Å². The lowest BCUT2D eigenvalue weighted by atomic mass is 10.0. The lowest BCUT2D eigenvalue weighted by Gasteiger charge is -2.10. The molecule has 0 spiro atoms. The van der Waals surface area contributed by atoms with Gasteiger partial charge in [0.1, 0.15) is 11.2 Å². The van der Waals surface area contributed by atoms with Crippen LogP contribution in [0.15, 0.2) is 126 Å². The van der Waals surface area contributed by atoms with Crippen molar-refractivity contribution in [3.8, 4) is 34.2 Å². The molecule has 3 aromatic heterocycles. The van der Waals surface area contributed by atoms with Gasteiger partial charge in [0.25, 0.3) is 0 Å². The van der Waals surface area contributed by atoms with E-state index in [1.165, 1.54) is 20.2 Å². The van der Waals surface area contributed by atoms with Crippen molar-refractivity contribution in [2.45, 2.75) is 0 Å². The number of halogens is 1. The minimum atomic E-state index is 0.617. The normalized spacial score (nSPS) is 11.8. The van der Waals surface area contributed by atoms with E-state index < -0.39 is 0 Å². The zero-order valence-corrected chi connectivity index (χ0v) is 24.2. The van der Waals surface area contributed by atoms with Crippen LogP contribution in [-0.2, 0) is 0 Å². The van der Waals surface area contributed by atoms with Gasteiger partial charge in [0.15, 0.2) is 17.5 Å². The van der Waals surface area contributed by atoms with E-state index in [0.29, 0.717) is 22.5 Å². The summed E-state index contributed by atoms with van der Waals surface area (Å²) in [5.41, 5.74) is 4.47. The predicted octanol–water partition coefficient (Wildman–Crippen LogP) is 10.9. The standard InChI is InChI=1S/C37H20ClN3OS/c38-24-16-18-30-29(20-24)33-28-19-23(14-13-21(28)15-17-31(33)42-30)36-39-35(22-7-2-1-3-8-22)40-37(41-36)27-11-6-10-26-25-9-4-5-12-32(25)43-34(26)27/h1-20H. The van der Waals surface area contributed by atoms with Crippen molar-refractivity contribution in [3.05, 3.63) is 126 Å². The number of benzene rings is 6. The Morgan fingerprint density at radius 1 is 0.535 bits per heavy atom. The highest BCUT2D eigenvalue weighted by molar-refractivity contribution is 7.26. The molecule has 0 N–H and O–H groups in total. The average molecular weight is 590 g/mol. The number of aromatic nitrogens is 3. The molecule has 9 rings (SSSR count). The number of hydrogen-bond acceptors (Lipinski definition) is 5. The Kier molecular flexibility index (Phi) is 5.39. The second-order valence-corrected chi connectivity index (χ2v) is 12.1. The molecule has 3 heterocycles. The first-order valence-electron chi connectivity index (χ1n) is 14.0. The Labute approximate surface area is 254 Å². The van der Waals surface area contributed by atoms with Gasteiger partial charge in [-0.1, -0.05) is 90.5 Å². The van der Waals surface area contributed by atoms with Crippen molar-refractivity contribution in [1.29, 1.82) is 0 Å². The van der Waals surface area contributed by atoms with E-state index in [9.17, 15) is 0 Å². The Bertz CT molecular complexity index is 2530. The van der Waals surface area contributed by atoms with Crippen molar-refractivity contribution in [2.75, 3.05) is 0 Å². The fraction of sp³-hybridized carbons (Fsp3) is 0. The molecular formula is C37H20ClN3OS. The van der Waals surface area contributed by atoms with E-state index in [1.807, 2.05) is 54.6 Å². The molecule has 6 heteroatoms. The number of nitrogens with zero attached hydrogens (tertiary/aromatic N) is 3. The SMILES string of the molecule is Clc1ccc2oc3ccc4ccc(-c5nc(-c6ccccc6)nc(-c6cccc7c6sc6ccccc67)n5)cc4c3c2c1. The van der Waals surface area contributed by atoms with E-state index in [4.69, 9.17) is 31.0 Å². The zero-order chi connectivity index (χ0) is 28.5. The molecule has 0 bridgehead atoms. The molecule has 0 saturated heterocycles. The van der Waals surface area contributed by atoms with Gasteiger partial charge in [-0.25, -0.2) is 15.0 Å². The number of thiophene rings is 1. The molecular weight excluding hydrogens is 570 g/mol. The highest BCUT2D eigenvalue weighted by Crippen LogP contribution is 2.40. The van der Waals surface area contributed by atoms with E-state index >= 15 is 0 Å². The maximum Gasteiger partial charge on any atom is 0.165 e. The summed E-state index contributed by atoms with van der Waals surface area (Å²) in [6.45, 7) is 0. The fourth-order valence-corrected chi connectivity index (χ4v) is 7.36. The van der Waals surface area contributed by atoms with Crippen LogP contribution in [0.2, 0.25) is 5.02 Å². The molecule has 0 aliphatic carbocycles. The lowest BCUT2D eigenvalue weighted by molar-refractivity contribution is 0.669. The fourth-order valence-electron chi connectivity index (χ4n) is 5.97. The van der Waals surface area contributed by atoms with Gasteiger partial charge in [-0.3, -0.25) is 0 Å². The van der Waals surface area contributed by atoms with E-state index in [0.717, 1.165) is 49.4 Å². The Hall–Kier alpha value is -5.10. The minimum Gasteiger partial charge on any atom is -0.456 e. The van der Waals surface area contributed by atoms with Crippen molar-refractivity contribution >= 4 is 75.8 Å². The van der Waals surface area contributed by atoms with Gasteiger partial charge in [0.2, 0.25) is 0 Å². The summed E-state index contributed by atoms with van der Waals surface area (Å²) in [6, 6.07) is 41.2. The summed E-state index contributed by atoms with van der Waals surface area (Å²) in [7, 11) is 0. The molecule has 0 aliphatic rings. The van der Waals surface area contributed by atoms with Gasteiger partial charge in [-0.2, -0.15) is 0 Å². The first-order chi connectivity index (χ1) is 21.2. The topological polar surface area (TPSA) is 51.8 Å². The van der Waals surface area contributed by atoms with Gasteiger partial charge in [0, 0.05) is 52.7 Å². The highest BCUT2D eigenvalue weighted by atomic mass is 35.5. The Morgan fingerprint density at radius 3 is 2.19 bits per heavy atom. The third-order valence-electron chi connectivity index (χ3n) is 7.98. The molecule has 0 amide bonds. The van der Waals surface area contributed by atoms with Crippen LogP contribution < -0.4 is 0 Å². The third kappa shape index (κ3) is 3.93. The molecule has 0 fully saturated rings. The predicted molar refractivity (Wildman–Crippen MR) is 179 cm³/mol. The molecule has 0 atom stereocenters.